The van der Waals surface area contributed by atoms with Crippen LogP contribution in [0.1, 0.15) is 28.6 Å². The van der Waals surface area contributed by atoms with Crippen molar-refractivity contribution < 1.29 is 27.5 Å². The lowest BCUT2D eigenvalue weighted by Gasteiger charge is -2.17. The molecule has 0 unspecified atom stereocenters. The summed E-state index contributed by atoms with van der Waals surface area (Å²) in [5.74, 6) is 0.512. The average Bonchev–Trinajstić information content (AvgIpc) is 3.29. The predicted molar refractivity (Wildman–Crippen MR) is 97.7 cm³/mol. The maximum Gasteiger partial charge on any atom is 0.416 e. The summed E-state index contributed by atoms with van der Waals surface area (Å²) in [5.41, 5.74) is 0.0450. The second-order valence-corrected chi connectivity index (χ2v) is 7.05. The van der Waals surface area contributed by atoms with Crippen LogP contribution in [0.2, 0.25) is 0 Å². The number of thiophene rings is 1. The second-order valence-electron chi connectivity index (χ2n) is 6.10. The Morgan fingerprint density at radius 1 is 1.29 bits per heavy atom. The summed E-state index contributed by atoms with van der Waals surface area (Å²) in [6, 6.07) is 7.20. The molecule has 0 bridgehead atoms. The van der Waals surface area contributed by atoms with Gasteiger partial charge < -0.3 is 14.8 Å². The highest BCUT2D eigenvalue weighted by molar-refractivity contribution is 7.13. The highest BCUT2D eigenvalue weighted by Gasteiger charge is 2.30. The molecular formula is C19H17F3N2O3S. The Balaban J connectivity index is 1.68. The second kappa shape index (κ2) is 8.15. The van der Waals surface area contributed by atoms with Gasteiger partial charge in [0, 0.05) is 0 Å². The number of hydrogen-bond donors (Lipinski definition) is 2. The molecule has 1 atom stereocenters. The van der Waals surface area contributed by atoms with E-state index >= 15 is 0 Å². The number of nitrogens with one attached hydrogen (secondary N) is 1. The van der Waals surface area contributed by atoms with Crippen molar-refractivity contribution in [1.29, 1.82) is 0 Å². The van der Waals surface area contributed by atoms with Crippen molar-refractivity contribution >= 4 is 17.2 Å². The van der Waals surface area contributed by atoms with Crippen LogP contribution in [-0.4, -0.2) is 22.6 Å². The molecule has 3 rings (SSSR count). The Labute approximate surface area is 162 Å². The zero-order valence-electron chi connectivity index (χ0n) is 14.8. The van der Waals surface area contributed by atoms with Gasteiger partial charge in [0.05, 0.1) is 35.2 Å². The van der Waals surface area contributed by atoms with Crippen LogP contribution >= 0.6 is 11.3 Å². The lowest BCUT2D eigenvalue weighted by atomic mass is 10.0. The zero-order chi connectivity index (χ0) is 20.3. The number of alkyl halides is 3. The summed E-state index contributed by atoms with van der Waals surface area (Å²) in [6.45, 7) is 1.25. The quantitative estimate of drug-likeness (QED) is 0.641. The third-order valence-electron chi connectivity index (χ3n) is 4.11. The van der Waals surface area contributed by atoms with E-state index in [4.69, 9.17) is 4.42 Å². The molecule has 2 heterocycles. The minimum absolute atomic E-state index is 0.0716. The number of nitrogens with zero attached hydrogens (tertiary/aromatic N) is 1. The number of benzene rings is 1. The van der Waals surface area contributed by atoms with Crippen LogP contribution in [0.3, 0.4) is 0 Å². The topological polar surface area (TPSA) is 75.4 Å². The Hall–Kier alpha value is -2.65. The van der Waals surface area contributed by atoms with Crippen LogP contribution < -0.4 is 5.32 Å². The molecule has 2 N–H and O–H groups in total. The number of amides is 1. The first-order valence-electron chi connectivity index (χ1n) is 8.35. The number of carbonyl (C=O) groups is 1. The Morgan fingerprint density at radius 3 is 2.57 bits per heavy atom. The summed E-state index contributed by atoms with van der Waals surface area (Å²) in [4.78, 5) is 17.5. The number of aromatic nitrogens is 1. The number of aryl methyl sites for hydroxylation is 1. The average molecular weight is 410 g/mol. The van der Waals surface area contributed by atoms with E-state index in [2.05, 4.69) is 10.3 Å². The summed E-state index contributed by atoms with van der Waals surface area (Å²) in [6.07, 6.45) is -4.51. The molecule has 5 nitrogen and oxygen atoms in total. The van der Waals surface area contributed by atoms with Gasteiger partial charge in [-0.1, -0.05) is 18.2 Å². The van der Waals surface area contributed by atoms with Crippen LogP contribution in [0, 0.1) is 6.92 Å². The Morgan fingerprint density at radius 2 is 2.00 bits per heavy atom. The van der Waals surface area contributed by atoms with E-state index < -0.39 is 30.3 Å². The van der Waals surface area contributed by atoms with Crippen LogP contribution in [0.4, 0.5) is 13.2 Å². The maximum absolute atomic E-state index is 12.7. The molecule has 0 saturated carbocycles. The number of rotatable bonds is 6. The van der Waals surface area contributed by atoms with Crippen molar-refractivity contribution in [2.75, 3.05) is 6.61 Å². The molecule has 9 heteroatoms. The fourth-order valence-electron chi connectivity index (χ4n) is 2.63. The molecule has 3 aromatic rings. The number of hydrogen-bond acceptors (Lipinski definition) is 5. The highest BCUT2D eigenvalue weighted by atomic mass is 32.1. The predicted octanol–water partition coefficient (Wildman–Crippen LogP) is 4.12. The highest BCUT2D eigenvalue weighted by Crippen LogP contribution is 2.30. The monoisotopic (exact) mass is 410 g/mol. The molecule has 1 amide bonds. The molecule has 0 spiro atoms. The molecule has 0 saturated heterocycles. The lowest BCUT2D eigenvalue weighted by molar-refractivity contribution is -0.137. The van der Waals surface area contributed by atoms with Gasteiger partial charge >= 0.3 is 6.18 Å². The molecule has 0 radical (unpaired) electrons. The number of aliphatic hydroxyl groups is 1. The normalized spacial score (nSPS) is 12.8. The van der Waals surface area contributed by atoms with E-state index in [9.17, 15) is 23.1 Å². The first kappa shape index (κ1) is 20.1. The van der Waals surface area contributed by atoms with E-state index in [-0.39, 0.29) is 6.42 Å². The fourth-order valence-corrected chi connectivity index (χ4v) is 3.28. The van der Waals surface area contributed by atoms with Crippen LogP contribution in [-0.2, 0) is 17.4 Å². The summed E-state index contributed by atoms with van der Waals surface area (Å²) >= 11 is 1.46. The standard InChI is InChI=1S/C19H17F3N2O3S/c1-11-14(24-18(27-11)16-3-2-8-28-16)9-17(26)23-15(10-25)12-4-6-13(7-5-12)19(20,21)22/h2-8,15,25H,9-10H2,1H3,(H,23,26)/t15-/m0/s1. The third kappa shape index (κ3) is 4.60. The van der Waals surface area contributed by atoms with Crippen molar-refractivity contribution in [3.8, 4) is 10.8 Å². The molecule has 0 aliphatic rings. The zero-order valence-corrected chi connectivity index (χ0v) is 15.6. The van der Waals surface area contributed by atoms with Gasteiger partial charge in [-0.15, -0.1) is 11.3 Å². The fraction of sp³-hybridized carbons (Fsp3) is 0.263. The molecule has 148 valence electrons. The van der Waals surface area contributed by atoms with E-state index in [1.807, 2.05) is 17.5 Å². The summed E-state index contributed by atoms with van der Waals surface area (Å²) < 4.78 is 43.6. The Bertz CT molecular complexity index is 934. The summed E-state index contributed by atoms with van der Waals surface area (Å²) in [7, 11) is 0. The van der Waals surface area contributed by atoms with E-state index in [1.165, 1.54) is 23.5 Å². The minimum atomic E-state index is -4.44. The van der Waals surface area contributed by atoms with E-state index in [0.29, 0.717) is 22.9 Å². The molecular weight excluding hydrogens is 393 g/mol. The SMILES string of the molecule is Cc1oc(-c2cccs2)nc1CC(=O)N[C@@H](CO)c1ccc(C(F)(F)F)cc1. The largest absolute Gasteiger partial charge is 0.440 e. The van der Waals surface area contributed by atoms with Gasteiger partial charge in [0.15, 0.2) is 0 Å². The summed E-state index contributed by atoms with van der Waals surface area (Å²) in [5, 5.41) is 14.0. The van der Waals surface area contributed by atoms with Crippen LogP contribution in [0.25, 0.3) is 10.8 Å². The van der Waals surface area contributed by atoms with Gasteiger partial charge in [-0.25, -0.2) is 4.98 Å². The molecule has 2 aromatic heterocycles. The number of halogens is 3. The molecule has 0 aliphatic heterocycles. The van der Waals surface area contributed by atoms with Gasteiger partial charge in [0.1, 0.15) is 5.76 Å². The molecule has 1 aromatic carbocycles. The van der Waals surface area contributed by atoms with Crippen molar-refractivity contribution in [2.24, 2.45) is 0 Å². The minimum Gasteiger partial charge on any atom is -0.440 e. The third-order valence-corrected chi connectivity index (χ3v) is 4.97. The van der Waals surface area contributed by atoms with Crippen molar-refractivity contribution in [1.82, 2.24) is 10.3 Å². The Kier molecular flexibility index (Phi) is 5.85. The van der Waals surface area contributed by atoms with Gasteiger partial charge in [-0.05, 0) is 36.1 Å². The molecule has 0 fully saturated rings. The van der Waals surface area contributed by atoms with Gasteiger partial charge in [-0.2, -0.15) is 13.2 Å². The number of aliphatic hydroxyl groups excluding tert-OH is 1. The van der Waals surface area contributed by atoms with Gasteiger partial charge in [-0.3, -0.25) is 4.79 Å². The smallest absolute Gasteiger partial charge is 0.416 e. The van der Waals surface area contributed by atoms with Gasteiger partial charge in [0.25, 0.3) is 0 Å². The van der Waals surface area contributed by atoms with Crippen LogP contribution in [0.15, 0.2) is 46.2 Å². The number of oxazole rings is 1. The number of carbonyl (C=O) groups excluding carboxylic acids is 1. The molecule has 28 heavy (non-hydrogen) atoms. The molecule has 0 aliphatic carbocycles. The van der Waals surface area contributed by atoms with Crippen LogP contribution in [0.5, 0.6) is 0 Å². The van der Waals surface area contributed by atoms with Crippen molar-refractivity contribution in [2.45, 2.75) is 25.6 Å². The first-order chi connectivity index (χ1) is 13.3. The maximum atomic E-state index is 12.7. The lowest BCUT2D eigenvalue weighted by Crippen LogP contribution is -2.32. The first-order valence-corrected chi connectivity index (χ1v) is 9.23. The van der Waals surface area contributed by atoms with E-state index in [0.717, 1.165) is 17.0 Å². The van der Waals surface area contributed by atoms with E-state index in [1.54, 1.807) is 6.92 Å². The van der Waals surface area contributed by atoms with Gasteiger partial charge in [0.2, 0.25) is 11.8 Å². The van der Waals surface area contributed by atoms with Crippen molar-refractivity contribution in [3.05, 3.63) is 64.4 Å². The van der Waals surface area contributed by atoms with Crippen molar-refractivity contribution in [3.63, 3.8) is 0 Å².